The van der Waals surface area contributed by atoms with Gasteiger partial charge in [-0.1, -0.05) is 55.5 Å². The van der Waals surface area contributed by atoms with Gasteiger partial charge in [0.25, 0.3) is 0 Å². The fourth-order valence-corrected chi connectivity index (χ4v) is 3.38. The molecule has 3 aromatic carbocycles. The summed E-state index contributed by atoms with van der Waals surface area (Å²) >= 11 is 0. The molecule has 0 atom stereocenters. The second kappa shape index (κ2) is 8.39. The minimum atomic E-state index is -0.889. The lowest BCUT2D eigenvalue weighted by Gasteiger charge is -2.27. The molecule has 0 radical (unpaired) electrons. The van der Waals surface area contributed by atoms with Gasteiger partial charge >= 0.3 is 0 Å². The Hall–Kier alpha value is -2.63. The molecule has 0 amide bonds. The molecule has 5 heteroatoms. The van der Waals surface area contributed by atoms with Gasteiger partial charge < -0.3 is 9.47 Å². The highest BCUT2D eigenvalue weighted by Gasteiger charge is 2.20. The Morgan fingerprint density at radius 3 is 2.03 bits per heavy atom. The van der Waals surface area contributed by atoms with E-state index in [0.717, 1.165) is 17.2 Å². The first-order chi connectivity index (χ1) is 14.0. The minimum Gasteiger partial charge on any atom is -0.348 e. The van der Waals surface area contributed by atoms with Gasteiger partial charge in [0.05, 0.1) is 13.2 Å². The molecule has 0 bridgehead atoms. The molecule has 2 nitrogen and oxygen atoms in total. The minimum absolute atomic E-state index is 0.0359. The van der Waals surface area contributed by atoms with Crippen molar-refractivity contribution < 1.29 is 22.6 Å². The molecule has 150 valence electrons. The fraction of sp³-hybridized carbons (Fsp3) is 0.250. The van der Waals surface area contributed by atoms with Crippen LogP contribution in [-0.4, -0.2) is 13.2 Å². The molecule has 29 heavy (non-hydrogen) atoms. The van der Waals surface area contributed by atoms with Crippen molar-refractivity contribution >= 4 is 0 Å². The van der Waals surface area contributed by atoms with Crippen LogP contribution in [0, 0.1) is 17.6 Å². The second-order valence-corrected chi connectivity index (χ2v) is 7.36. The van der Waals surface area contributed by atoms with Gasteiger partial charge in [0.15, 0.2) is 6.29 Å². The lowest BCUT2D eigenvalue weighted by atomic mass is 9.98. The predicted molar refractivity (Wildman–Crippen MR) is 106 cm³/mol. The van der Waals surface area contributed by atoms with Gasteiger partial charge in [-0.25, -0.2) is 13.2 Å². The summed E-state index contributed by atoms with van der Waals surface area (Å²) in [5, 5.41) is 0. The van der Waals surface area contributed by atoms with Crippen LogP contribution >= 0.6 is 0 Å². The maximum atomic E-state index is 14.7. The Bertz CT molecular complexity index is 994. The summed E-state index contributed by atoms with van der Waals surface area (Å²) in [6, 6.07) is 16.4. The van der Waals surface area contributed by atoms with Crippen molar-refractivity contribution in [2.45, 2.75) is 19.9 Å². The fourth-order valence-electron chi connectivity index (χ4n) is 3.38. The van der Waals surface area contributed by atoms with Crippen molar-refractivity contribution in [1.82, 2.24) is 0 Å². The molecule has 1 aliphatic rings. The van der Waals surface area contributed by atoms with E-state index in [4.69, 9.17) is 9.47 Å². The number of halogens is 3. The number of benzene rings is 3. The zero-order valence-electron chi connectivity index (χ0n) is 16.0. The van der Waals surface area contributed by atoms with Crippen molar-refractivity contribution in [2.75, 3.05) is 13.2 Å². The lowest BCUT2D eigenvalue weighted by Crippen LogP contribution is -2.24. The van der Waals surface area contributed by atoms with Crippen LogP contribution in [0.3, 0.4) is 0 Å². The first-order valence-electron chi connectivity index (χ1n) is 9.53. The van der Waals surface area contributed by atoms with Gasteiger partial charge in [-0.05, 0) is 28.8 Å². The van der Waals surface area contributed by atoms with E-state index in [9.17, 15) is 13.2 Å². The highest BCUT2D eigenvalue weighted by Crippen LogP contribution is 2.31. The molecule has 1 saturated heterocycles. The van der Waals surface area contributed by atoms with E-state index in [2.05, 4.69) is 6.92 Å². The summed E-state index contributed by atoms with van der Waals surface area (Å²) in [6.07, 6.45) is -0.374. The standard InChI is InChI=1S/C24H21F3O2/c1-15-13-28-24(29-14-15)17-4-2-16(3-5-17)18-8-9-21(23(27)10-18)19-6-7-20(12-25)22(26)11-19/h2-11,15,24H,12-14H2,1H3. The molecule has 0 unspecified atom stereocenters. The third kappa shape index (κ3) is 4.21. The van der Waals surface area contributed by atoms with Gasteiger partial charge in [0, 0.05) is 22.6 Å². The third-order valence-electron chi connectivity index (χ3n) is 5.06. The van der Waals surface area contributed by atoms with Gasteiger partial charge in [-0.3, -0.25) is 0 Å². The first kappa shape index (κ1) is 19.7. The van der Waals surface area contributed by atoms with E-state index in [1.54, 1.807) is 12.1 Å². The molecule has 0 aliphatic carbocycles. The zero-order valence-corrected chi connectivity index (χ0v) is 16.0. The number of rotatable bonds is 4. The quantitative estimate of drug-likeness (QED) is 0.503. The van der Waals surface area contributed by atoms with Crippen molar-refractivity contribution in [2.24, 2.45) is 5.92 Å². The van der Waals surface area contributed by atoms with Crippen LogP contribution in [0.2, 0.25) is 0 Å². The molecule has 1 aliphatic heterocycles. The third-order valence-corrected chi connectivity index (χ3v) is 5.06. The average molecular weight is 398 g/mol. The van der Waals surface area contributed by atoms with Crippen molar-refractivity contribution in [3.8, 4) is 22.3 Å². The zero-order chi connectivity index (χ0) is 20.4. The molecule has 0 N–H and O–H groups in total. The van der Waals surface area contributed by atoms with E-state index >= 15 is 0 Å². The Morgan fingerprint density at radius 2 is 1.41 bits per heavy atom. The molecule has 4 rings (SSSR count). The molecule has 1 heterocycles. The maximum Gasteiger partial charge on any atom is 0.183 e. The predicted octanol–water partition coefficient (Wildman–Crippen LogP) is 6.45. The number of alkyl halides is 1. The number of hydrogen-bond donors (Lipinski definition) is 0. The molecule has 0 saturated carbocycles. The topological polar surface area (TPSA) is 18.5 Å². The van der Waals surface area contributed by atoms with E-state index < -0.39 is 18.3 Å². The summed E-state index contributed by atoms with van der Waals surface area (Å²) in [5.74, 6) is -0.758. The summed E-state index contributed by atoms with van der Waals surface area (Å²) in [7, 11) is 0. The van der Waals surface area contributed by atoms with Gasteiger partial charge in [0.2, 0.25) is 0 Å². The van der Waals surface area contributed by atoms with Crippen LogP contribution in [0.1, 0.15) is 24.3 Å². The van der Waals surface area contributed by atoms with Crippen molar-refractivity contribution in [3.63, 3.8) is 0 Å². The Labute approximate surface area is 167 Å². The average Bonchev–Trinajstić information content (AvgIpc) is 2.74. The number of ether oxygens (including phenoxy) is 2. The van der Waals surface area contributed by atoms with Crippen LogP contribution in [0.4, 0.5) is 13.2 Å². The van der Waals surface area contributed by atoms with Crippen LogP contribution in [0.25, 0.3) is 22.3 Å². The Morgan fingerprint density at radius 1 is 0.793 bits per heavy atom. The lowest BCUT2D eigenvalue weighted by molar-refractivity contribution is -0.202. The van der Waals surface area contributed by atoms with E-state index in [1.807, 2.05) is 24.3 Å². The number of hydrogen-bond acceptors (Lipinski definition) is 2. The monoisotopic (exact) mass is 398 g/mol. The summed E-state index contributed by atoms with van der Waals surface area (Å²) in [4.78, 5) is 0. The molecular formula is C24H21F3O2. The Kier molecular flexibility index (Phi) is 5.69. The van der Waals surface area contributed by atoms with Crippen molar-refractivity contribution in [3.05, 3.63) is 83.4 Å². The van der Waals surface area contributed by atoms with E-state index in [-0.39, 0.29) is 17.4 Å². The molecule has 0 aromatic heterocycles. The highest BCUT2D eigenvalue weighted by molar-refractivity contribution is 5.71. The molecule has 3 aromatic rings. The van der Waals surface area contributed by atoms with E-state index in [0.29, 0.717) is 30.3 Å². The van der Waals surface area contributed by atoms with E-state index in [1.165, 1.54) is 18.2 Å². The normalized spacial score (nSPS) is 19.3. The summed E-state index contributed by atoms with van der Waals surface area (Å²) in [6.45, 7) is 2.50. The van der Waals surface area contributed by atoms with Crippen LogP contribution < -0.4 is 0 Å². The molecular weight excluding hydrogens is 377 g/mol. The molecule has 0 spiro atoms. The Balaban J connectivity index is 1.55. The summed E-state index contributed by atoms with van der Waals surface area (Å²) in [5.41, 5.74) is 3.08. The largest absolute Gasteiger partial charge is 0.348 e. The maximum absolute atomic E-state index is 14.7. The van der Waals surface area contributed by atoms with Crippen LogP contribution in [-0.2, 0) is 16.1 Å². The van der Waals surface area contributed by atoms with Gasteiger partial charge in [0.1, 0.15) is 18.3 Å². The van der Waals surface area contributed by atoms with Crippen LogP contribution in [0.5, 0.6) is 0 Å². The van der Waals surface area contributed by atoms with Crippen LogP contribution in [0.15, 0.2) is 60.7 Å². The van der Waals surface area contributed by atoms with Crippen molar-refractivity contribution in [1.29, 1.82) is 0 Å². The smallest absolute Gasteiger partial charge is 0.183 e. The molecule has 1 fully saturated rings. The second-order valence-electron chi connectivity index (χ2n) is 7.36. The SMILES string of the molecule is CC1COC(c2ccc(-c3ccc(-c4ccc(CF)c(F)c4)c(F)c3)cc2)OC1. The first-order valence-corrected chi connectivity index (χ1v) is 9.53. The van der Waals surface area contributed by atoms with Gasteiger partial charge in [-0.2, -0.15) is 0 Å². The van der Waals surface area contributed by atoms with Gasteiger partial charge in [-0.15, -0.1) is 0 Å². The summed E-state index contributed by atoms with van der Waals surface area (Å²) < 4.78 is 52.6. The highest BCUT2D eigenvalue weighted by atomic mass is 19.1.